The lowest BCUT2D eigenvalue weighted by Gasteiger charge is -2.28. The number of nitrogens with one attached hydrogen (secondary N) is 2. The fourth-order valence-corrected chi connectivity index (χ4v) is 6.61. The summed E-state index contributed by atoms with van der Waals surface area (Å²) in [6, 6.07) is 4.88. The second-order valence-electron chi connectivity index (χ2n) is 10.2. The normalized spacial score (nSPS) is 19.6. The predicted octanol–water partition coefficient (Wildman–Crippen LogP) is 3.42. The molecule has 2 aromatic carbocycles. The van der Waals surface area contributed by atoms with Crippen LogP contribution in [0.25, 0.3) is 0 Å². The van der Waals surface area contributed by atoms with E-state index in [1.807, 2.05) is 0 Å². The molecule has 0 radical (unpaired) electrons. The molecule has 2 aromatic rings. The smallest absolute Gasteiger partial charge is 0.254 e. The Kier molecular flexibility index (Phi) is 8.85. The van der Waals surface area contributed by atoms with E-state index >= 15 is 0 Å². The van der Waals surface area contributed by atoms with Gasteiger partial charge in [-0.25, -0.2) is 21.6 Å². The number of fused-ring (bicyclic) bond motifs is 1. The van der Waals surface area contributed by atoms with Gasteiger partial charge in [0, 0.05) is 43.2 Å². The zero-order valence-electron chi connectivity index (χ0n) is 21.7. The molecular formula is C27H33F3N4O4S. The van der Waals surface area contributed by atoms with Crippen LogP contribution in [-0.2, 0) is 21.2 Å². The molecule has 1 fully saturated rings. The van der Waals surface area contributed by atoms with Crippen LogP contribution in [0.5, 0.6) is 0 Å². The van der Waals surface area contributed by atoms with Crippen LogP contribution >= 0.6 is 0 Å². The number of rotatable bonds is 10. The Hall–Kier alpha value is -3.12. The van der Waals surface area contributed by atoms with E-state index < -0.39 is 39.4 Å². The number of nitrogens with two attached hydrogens (primary N) is 1. The van der Waals surface area contributed by atoms with Gasteiger partial charge < -0.3 is 16.0 Å². The van der Waals surface area contributed by atoms with Crippen LogP contribution in [0.15, 0.2) is 30.3 Å². The van der Waals surface area contributed by atoms with Crippen molar-refractivity contribution in [1.29, 1.82) is 0 Å². The number of anilines is 1. The van der Waals surface area contributed by atoms with Crippen molar-refractivity contribution in [3.8, 4) is 0 Å². The van der Waals surface area contributed by atoms with E-state index in [0.717, 1.165) is 18.6 Å². The maximum Gasteiger partial charge on any atom is 0.254 e. The maximum absolute atomic E-state index is 14.4. The summed E-state index contributed by atoms with van der Waals surface area (Å²) in [5.41, 5.74) is 7.48. The first-order valence-electron chi connectivity index (χ1n) is 13.1. The second kappa shape index (κ2) is 12.0. The molecule has 0 saturated carbocycles. The summed E-state index contributed by atoms with van der Waals surface area (Å²) in [5.74, 6) is -3.93. The van der Waals surface area contributed by atoms with Gasteiger partial charge in [0.25, 0.3) is 5.91 Å². The lowest BCUT2D eigenvalue weighted by atomic mass is 9.91. The highest BCUT2D eigenvalue weighted by Crippen LogP contribution is 2.37. The third-order valence-electron chi connectivity index (χ3n) is 7.39. The highest BCUT2D eigenvalue weighted by molar-refractivity contribution is 7.92. The minimum Gasteiger partial charge on any atom is -0.350 e. The number of hydrogen-bond acceptors (Lipinski definition) is 5. The van der Waals surface area contributed by atoms with Gasteiger partial charge in [0.1, 0.15) is 5.82 Å². The van der Waals surface area contributed by atoms with Gasteiger partial charge in [0.2, 0.25) is 15.9 Å². The monoisotopic (exact) mass is 566 g/mol. The Morgan fingerprint density at radius 1 is 1.10 bits per heavy atom. The van der Waals surface area contributed by atoms with E-state index in [4.69, 9.17) is 5.73 Å². The molecule has 1 heterocycles. The molecule has 3 unspecified atom stereocenters. The summed E-state index contributed by atoms with van der Waals surface area (Å²) >= 11 is 0. The van der Waals surface area contributed by atoms with Crippen LogP contribution in [0.4, 0.5) is 18.9 Å². The summed E-state index contributed by atoms with van der Waals surface area (Å²) in [6.45, 7) is 2.28. The number of likely N-dealkylation sites (tertiary alicyclic amines) is 1. The molecule has 2 aliphatic rings. The summed E-state index contributed by atoms with van der Waals surface area (Å²) < 4.78 is 68.2. The Balaban J connectivity index is 1.36. The Morgan fingerprint density at radius 3 is 2.59 bits per heavy atom. The number of carbonyl (C=O) groups excluding carboxylic acids is 2. The van der Waals surface area contributed by atoms with Crippen molar-refractivity contribution in [3.05, 3.63) is 64.5 Å². The molecule has 39 heavy (non-hydrogen) atoms. The van der Waals surface area contributed by atoms with Gasteiger partial charge in [-0.2, -0.15) is 0 Å². The second-order valence-corrected chi connectivity index (χ2v) is 12.0. The van der Waals surface area contributed by atoms with Gasteiger partial charge >= 0.3 is 0 Å². The molecule has 1 aliphatic carbocycles. The summed E-state index contributed by atoms with van der Waals surface area (Å²) in [6.07, 6.45) is 2.94. The topological polar surface area (TPSA) is 122 Å². The molecule has 4 rings (SSSR count). The predicted molar refractivity (Wildman–Crippen MR) is 141 cm³/mol. The average Bonchev–Trinajstić information content (AvgIpc) is 3.51. The highest BCUT2D eigenvalue weighted by Gasteiger charge is 2.34. The quantitative estimate of drug-likeness (QED) is 0.407. The largest absolute Gasteiger partial charge is 0.350 e. The zero-order valence-corrected chi connectivity index (χ0v) is 22.5. The Bertz CT molecular complexity index is 1350. The molecule has 2 amide bonds. The molecule has 0 spiro atoms. The summed E-state index contributed by atoms with van der Waals surface area (Å²) in [4.78, 5) is 27.5. The van der Waals surface area contributed by atoms with Crippen LogP contribution in [0, 0.1) is 17.5 Å². The third-order valence-corrected chi connectivity index (χ3v) is 8.88. The molecular weight excluding hydrogens is 533 g/mol. The van der Waals surface area contributed by atoms with E-state index in [1.165, 1.54) is 18.2 Å². The summed E-state index contributed by atoms with van der Waals surface area (Å²) in [5, 5.41) is 2.66. The fraction of sp³-hybridized carbons (Fsp3) is 0.481. The van der Waals surface area contributed by atoms with Gasteiger partial charge in [0.15, 0.2) is 11.6 Å². The molecule has 3 atom stereocenters. The highest BCUT2D eigenvalue weighted by atomic mass is 32.2. The minimum absolute atomic E-state index is 0.0160. The van der Waals surface area contributed by atoms with Crippen LogP contribution in [-0.4, -0.2) is 56.1 Å². The number of aryl methyl sites for hydroxylation is 1. The van der Waals surface area contributed by atoms with Crippen LogP contribution in [0.3, 0.4) is 0 Å². The molecule has 0 aromatic heterocycles. The first-order valence-corrected chi connectivity index (χ1v) is 14.8. The molecule has 212 valence electrons. The van der Waals surface area contributed by atoms with Crippen molar-refractivity contribution in [2.75, 3.05) is 23.6 Å². The average molecular weight is 567 g/mol. The molecule has 1 saturated heterocycles. The van der Waals surface area contributed by atoms with Gasteiger partial charge in [-0.15, -0.1) is 0 Å². The van der Waals surface area contributed by atoms with E-state index in [-0.39, 0.29) is 47.8 Å². The van der Waals surface area contributed by atoms with Gasteiger partial charge in [0.05, 0.1) is 11.3 Å². The van der Waals surface area contributed by atoms with Crippen LogP contribution < -0.4 is 15.8 Å². The van der Waals surface area contributed by atoms with Crippen molar-refractivity contribution in [1.82, 2.24) is 10.2 Å². The molecule has 4 N–H and O–H groups in total. The number of benzene rings is 2. The molecule has 0 bridgehead atoms. The zero-order chi connectivity index (χ0) is 28.3. The fourth-order valence-electron chi connectivity index (χ4n) is 5.48. The first-order chi connectivity index (χ1) is 18.5. The van der Waals surface area contributed by atoms with E-state index in [9.17, 15) is 31.2 Å². The lowest BCUT2D eigenvalue weighted by Crippen LogP contribution is -2.45. The molecule has 12 heteroatoms. The Morgan fingerprint density at radius 2 is 1.85 bits per heavy atom. The van der Waals surface area contributed by atoms with Crippen molar-refractivity contribution in [2.45, 2.75) is 63.5 Å². The number of amides is 2. The minimum atomic E-state index is -3.61. The molecule has 1 aliphatic heterocycles. The summed E-state index contributed by atoms with van der Waals surface area (Å²) in [7, 11) is -3.61. The van der Waals surface area contributed by atoms with Crippen molar-refractivity contribution < 1.29 is 31.2 Å². The number of halogens is 3. The van der Waals surface area contributed by atoms with E-state index in [1.54, 1.807) is 11.8 Å². The van der Waals surface area contributed by atoms with Crippen LogP contribution in [0.2, 0.25) is 0 Å². The SMILES string of the molecule is CCCS(=O)(=O)Nc1ccc(F)c(C(=O)NCC2CCCN2C(=O)CC(N)C2CCc3cc(F)c(F)cc32)c1. The number of sulfonamides is 1. The van der Waals surface area contributed by atoms with E-state index in [2.05, 4.69) is 10.0 Å². The van der Waals surface area contributed by atoms with Crippen molar-refractivity contribution >= 4 is 27.5 Å². The number of carbonyl (C=O) groups is 2. The number of hydrogen-bond donors (Lipinski definition) is 3. The lowest BCUT2D eigenvalue weighted by molar-refractivity contribution is -0.132. The van der Waals surface area contributed by atoms with Crippen LogP contribution in [0.1, 0.15) is 66.4 Å². The van der Waals surface area contributed by atoms with Gasteiger partial charge in [-0.1, -0.05) is 6.92 Å². The van der Waals surface area contributed by atoms with Crippen molar-refractivity contribution in [3.63, 3.8) is 0 Å². The third kappa shape index (κ3) is 6.73. The Labute approximate surface area is 226 Å². The molecule has 8 nitrogen and oxygen atoms in total. The standard InChI is InChI=1S/C27H33F3N4O4S/c1-2-10-39(37,38)33-17-6-8-22(28)21(12-17)27(36)32-15-18-4-3-9-34(18)26(35)14-25(31)19-7-5-16-11-23(29)24(30)13-20(16)19/h6,8,11-13,18-19,25,33H,2-5,7,9-10,14-15,31H2,1H3,(H,32,36). The number of nitrogens with zero attached hydrogens (tertiary/aromatic N) is 1. The van der Waals surface area contributed by atoms with Gasteiger partial charge in [-0.3, -0.25) is 14.3 Å². The van der Waals surface area contributed by atoms with E-state index in [0.29, 0.717) is 43.4 Å². The first kappa shape index (κ1) is 28.9. The van der Waals surface area contributed by atoms with Gasteiger partial charge in [-0.05, 0) is 73.6 Å². The van der Waals surface area contributed by atoms with Crippen molar-refractivity contribution in [2.24, 2.45) is 5.73 Å². The maximum atomic E-state index is 14.4.